The van der Waals surface area contributed by atoms with Gasteiger partial charge in [0.15, 0.2) is 0 Å². The van der Waals surface area contributed by atoms with Crippen molar-refractivity contribution in [2.45, 2.75) is 6.04 Å². The van der Waals surface area contributed by atoms with Crippen LogP contribution in [-0.4, -0.2) is 88.3 Å². The van der Waals surface area contributed by atoms with Gasteiger partial charge in [0.2, 0.25) is 11.8 Å². The summed E-state index contributed by atoms with van der Waals surface area (Å²) < 4.78 is 10.1. The van der Waals surface area contributed by atoms with Crippen LogP contribution in [0.5, 0.6) is 0 Å². The van der Waals surface area contributed by atoms with Crippen LogP contribution < -0.4 is 5.32 Å². The quantitative estimate of drug-likeness (QED) is 0.599. The van der Waals surface area contributed by atoms with Gasteiger partial charge >= 0.3 is 0 Å². The maximum absolute atomic E-state index is 12.1. The maximum Gasteiger partial charge on any atom is 0.249 e. The Hall–Kier alpha value is -1.18. The lowest BCUT2D eigenvalue weighted by Gasteiger charge is -2.36. The van der Waals surface area contributed by atoms with Gasteiger partial charge in [-0.2, -0.15) is 0 Å². The summed E-state index contributed by atoms with van der Waals surface area (Å²) in [5, 5.41) is 3.13. The van der Waals surface area contributed by atoms with Crippen molar-refractivity contribution in [1.82, 2.24) is 15.1 Å². The van der Waals surface area contributed by atoms with Crippen molar-refractivity contribution < 1.29 is 19.1 Å². The molecule has 1 N–H and O–H groups in total. The van der Waals surface area contributed by atoms with Crippen molar-refractivity contribution >= 4 is 11.8 Å². The highest BCUT2D eigenvalue weighted by Crippen LogP contribution is 2.06. The molecule has 0 spiro atoms. The number of likely N-dealkylation sites (N-methyl/N-ethyl adjacent to an activating group) is 1. The van der Waals surface area contributed by atoms with Crippen LogP contribution in [0.15, 0.2) is 0 Å². The number of piperazine rings is 1. The molecule has 0 bridgehead atoms. The van der Waals surface area contributed by atoms with E-state index in [4.69, 9.17) is 9.47 Å². The van der Waals surface area contributed by atoms with Crippen LogP contribution in [0.4, 0.5) is 0 Å². The van der Waals surface area contributed by atoms with Crippen LogP contribution in [0.3, 0.4) is 0 Å². The third-order valence-electron chi connectivity index (χ3n) is 2.95. The Morgan fingerprint density at radius 3 is 2.74 bits per heavy atom. The lowest BCUT2D eigenvalue weighted by molar-refractivity contribution is -0.148. The zero-order valence-electron chi connectivity index (χ0n) is 11.8. The summed E-state index contributed by atoms with van der Waals surface area (Å²) in [6.45, 7) is 2.52. The first-order valence-corrected chi connectivity index (χ1v) is 6.36. The van der Waals surface area contributed by atoms with E-state index < -0.39 is 6.04 Å². The van der Waals surface area contributed by atoms with Gasteiger partial charge < -0.3 is 24.6 Å². The minimum atomic E-state index is -0.442. The number of carbonyl (C=O) groups is 2. The molecule has 7 heteroatoms. The standard InChI is InChI=1S/C12H23N3O4/c1-14(2)12(17)10-8-13-4-5-15(10)11(16)9-19-7-6-18-3/h10,13H,4-9H2,1-3H3. The fourth-order valence-corrected chi connectivity index (χ4v) is 1.91. The predicted molar refractivity (Wildman–Crippen MR) is 69.8 cm³/mol. The number of methoxy groups -OCH3 is 1. The van der Waals surface area contributed by atoms with E-state index in [9.17, 15) is 9.59 Å². The largest absolute Gasteiger partial charge is 0.382 e. The average Bonchev–Trinajstić information content (AvgIpc) is 2.42. The normalized spacial score (nSPS) is 19.3. The molecule has 0 radical (unpaired) electrons. The molecule has 19 heavy (non-hydrogen) atoms. The molecule has 1 fully saturated rings. The first kappa shape index (κ1) is 15.9. The van der Waals surface area contributed by atoms with Gasteiger partial charge in [0.25, 0.3) is 0 Å². The second-order valence-corrected chi connectivity index (χ2v) is 4.59. The molecule has 2 amide bonds. The minimum Gasteiger partial charge on any atom is -0.382 e. The minimum absolute atomic E-state index is 0.0133. The second-order valence-electron chi connectivity index (χ2n) is 4.59. The van der Waals surface area contributed by atoms with Gasteiger partial charge in [0.1, 0.15) is 12.6 Å². The molecule has 1 unspecified atom stereocenters. The van der Waals surface area contributed by atoms with Gasteiger partial charge in [-0.1, -0.05) is 0 Å². The van der Waals surface area contributed by atoms with Gasteiger partial charge in [-0.05, 0) is 0 Å². The summed E-state index contributed by atoms with van der Waals surface area (Å²) in [7, 11) is 4.95. The van der Waals surface area contributed by atoms with Crippen LogP contribution in [0.2, 0.25) is 0 Å². The third kappa shape index (κ3) is 4.77. The van der Waals surface area contributed by atoms with Crippen molar-refractivity contribution in [3.05, 3.63) is 0 Å². The predicted octanol–water partition coefficient (Wildman–Crippen LogP) is -1.46. The Labute approximate surface area is 113 Å². The van der Waals surface area contributed by atoms with E-state index in [2.05, 4.69) is 5.32 Å². The van der Waals surface area contributed by atoms with E-state index in [0.29, 0.717) is 32.8 Å². The van der Waals surface area contributed by atoms with E-state index in [-0.39, 0.29) is 18.4 Å². The molecular formula is C12H23N3O4. The van der Waals surface area contributed by atoms with Crippen molar-refractivity contribution in [1.29, 1.82) is 0 Å². The zero-order valence-corrected chi connectivity index (χ0v) is 11.8. The number of amides is 2. The Morgan fingerprint density at radius 2 is 2.11 bits per heavy atom. The van der Waals surface area contributed by atoms with Crippen LogP contribution in [-0.2, 0) is 19.1 Å². The molecule has 1 saturated heterocycles. The lowest BCUT2D eigenvalue weighted by Crippen LogP contribution is -2.60. The molecule has 1 aliphatic rings. The van der Waals surface area contributed by atoms with Gasteiger partial charge in [-0.25, -0.2) is 0 Å². The fourth-order valence-electron chi connectivity index (χ4n) is 1.91. The smallest absolute Gasteiger partial charge is 0.249 e. The molecule has 1 heterocycles. The molecule has 0 saturated carbocycles. The zero-order chi connectivity index (χ0) is 14.3. The summed E-state index contributed by atoms with van der Waals surface area (Å²) in [5.41, 5.74) is 0. The van der Waals surface area contributed by atoms with Gasteiger partial charge in [0, 0.05) is 40.8 Å². The van der Waals surface area contributed by atoms with Crippen molar-refractivity contribution in [3.8, 4) is 0 Å². The van der Waals surface area contributed by atoms with Crippen LogP contribution in [0.1, 0.15) is 0 Å². The van der Waals surface area contributed by atoms with E-state index in [1.165, 1.54) is 4.90 Å². The number of nitrogens with one attached hydrogen (secondary N) is 1. The number of nitrogens with zero attached hydrogens (tertiary/aromatic N) is 2. The van der Waals surface area contributed by atoms with Crippen molar-refractivity contribution in [2.24, 2.45) is 0 Å². The summed E-state index contributed by atoms with van der Waals surface area (Å²) in [6, 6.07) is -0.442. The molecule has 0 aromatic heterocycles. The van der Waals surface area contributed by atoms with Crippen molar-refractivity contribution in [2.75, 3.05) is 60.7 Å². The highest BCUT2D eigenvalue weighted by molar-refractivity contribution is 5.88. The molecular weight excluding hydrogens is 250 g/mol. The molecule has 110 valence electrons. The highest BCUT2D eigenvalue weighted by atomic mass is 16.5. The number of hydrogen-bond donors (Lipinski definition) is 1. The van der Waals surface area contributed by atoms with Crippen LogP contribution >= 0.6 is 0 Å². The summed E-state index contributed by atoms with van der Waals surface area (Å²) in [6.07, 6.45) is 0. The lowest BCUT2D eigenvalue weighted by atomic mass is 10.1. The first-order valence-electron chi connectivity index (χ1n) is 6.36. The molecule has 0 aromatic carbocycles. The van der Waals surface area contributed by atoms with E-state index in [0.717, 1.165) is 0 Å². The summed E-state index contributed by atoms with van der Waals surface area (Å²) in [4.78, 5) is 27.2. The van der Waals surface area contributed by atoms with E-state index in [1.807, 2.05) is 0 Å². The SMILES string of the molecule is COCCOCC(=O)N1CCNCC1C(=O)N(C)C. The Morgan fingerprint density at radius 1 is 1.37 bits per heavy atom. The van der Waals surface area contributed by atoms with Gasteiger partial charge in [-0.15, -0.1) is 0 Å². The highest BCUT2D eigenvalue weighted by Gasteiger charge is 2.32. The second kappa shape index (κ2) is 8.08. The third-order valence-corrected chi connectivity index (χ3v) is 2.95. The number of hydrogen-bond acceptors (Lipinski definition) is 5. The number of rotatable bonds is 6. The molecule has 1 aliphatic heterocycles. The number of carbonyl (C=O) groups excluding carboxylic acids is 2. The van der Waals surface area contributed by atoms with Crippen LogP contribution in [0.25, 0.3) is 0 Å². The topological polar surface area (TPSA) is 71.1 Å². The number of ether oxygens (including phenoxy) is 2. The average molecular weight is 273 g/mol. The van der Waals surface area contributed by atoms with Gasteiger partial charge in [0.05, 0.1) is 13.2 Å². The molecule has 1 atom stereocenters. The Bertz CT molecular complexity index is 309. The van der Waals surface area contributed by atoms with Crippen LogP contribution in [0, 0.1) is 0 Å². The Balaban J connectivity index is 2.51. The molecule has 7 nitrogen and oxygen atoms in total. The maximum atomic E-state index is 12.1. The van der Waals surface area contributed by atoms with E-state index >= 15 is 0 Å². The summed E-state index contributed by atoms with van der Waals surface area (Å²) >= 11 is 0. The molecule has 1 rings (SSSR count). The van der Waals surface area contributed by atoms with Gasteiger partial charge in [-0.3, -0.25) is 9.59 Å². The Kier molecular flexibility index (Phi) is 6.75. The summed E-state index contributed by atoms with van der Waals surface area (Å²) in [5.74, 6) is -0.227. The first-order chi connectivity index (χ1) is 9.07. The molecule has 0 aliphatic carbocycles. The van der Waals surface area contributed by atoms with E-state index in [1.54, 1.807) is 26.1 Å². The molecule has 0 aromatic rings. The fraction of sp³-hybridized carbons (Fsp3) is 0.833. The monoisotopic (exact) mass is 273 g/mol. The van der Waals surface area contributed by atoms with Crippen molar-refractivity contribution in [3.63, 3.8) is 0 Å².